The Morgan fingerprint density at radius 2 is 1.66 bits per heavy atom. The fraction of sp³-hybridized carbons (Fsp3) is 0.538. The van der Waals surface area contributed by atoms with E-state index in [9.17, 15) is 9.59 Å². The van der Waals surface area contributed by atoms with E-state index in [1.165, 1.54) is 19.3 Å². The highest BCUT2D eigenvalue weighted by Gasteiger charge is 2.28. The zero-order valence-electron chi connectivity index (χ0n) is 19.3. The number of aromatic nitrogens is 2. The highest BCUT2D eigenvalue weighted by atomic mass is 16.2. The van der Waals surface area contributed by atoms with Gasteiger partial charge in [-0.2, -0.15) is 0 Å². The van der Waals surface area contributed by atoms with Crippen molar-refractivity contribution >= 4 is 11.8 Å². The van der Waals surface area contributed by atoms with Crippen LogP contribution in [-0.2, 0) is 11.2 Å². The minimum Gasteiger partial charge on any atom is -0.353 e. The number of hydrogen-bond donors (Lipinski definition) is 1. The van der Waals surface area contributed by atoms with Crippen molar-refractivity contribution in [1.82, 2.24) is 20.2 Å². The molecule has 32 heavy (non-hydrogen) atoms. The van der Waals surface area contributed by atoms with E-state index in [0.717, 1.165) is 60.6 Å². The van der Waals surface area contributed by atoms with Gasteiger partial charge in [0.2, 0.25) is 5.91 Å². The summed E-state index contributed by atoms with van der Waals surface area (Å²) in [7, 11) is 0. The van der Waals surface area contributed by atoms with E-state index in [-0.39, 0.29) is 17.7 Å². The number of nitrogens with zero attached hydrogens (tertiary/aromatic N) is 3. The van der Waals surface area contributed by atoms with Crippen molar-refractivity contribution in [1.29, 1.82) is 0 Å². The van der Waals surface area contributed by atoms with E-state index in [4.69, 9.17) is 9.97 Å². The van der Waals surface area contributed by atoms with Gasteiger partial charge in [0.25, 0.3) is 5.91 Å². The van der Waals surface area contributed by atoms with E-state index in [2.05, 4.69) is 5.32 Å². The number of likely N-dealkylation sites (tertiary alicyclic amines) is 1. The van der Waals surface area contributed by atoms with Gasteiger partial charge in [0.05, 0.1) is 6.42 Å². The van der Waals surface area contributed by atoms with Crippen molar-refractivity contribution in [3.63, 3.8) is 0 Å². The fourth-order valence-corrected chi connectivity index (χ4v) is 5.03. The summed E-state index contributed by atoms with van der Waals surface area (Å²) in [6.45, 7) is 5.34. The lowest BCUT2D eigenvalue weighted by molar-refractivity contribution is -0.121. The Morgan fingerprint density at radius 3 is 2.34 bits per heavy atom. The van der Waals surface area contributed by atoms with Crippen LogP contribution in [-0.4, -0.2) is 45.8 Å². The third-order valence-corrected chi connectivity index (χ3v) is 6.84. The van der Waals surface area contributed by atoms with E-state index in [1.807, 2.05) is 49.1 Å². The van der Waals surface area contributed by atoms with Crippen LogP contribution >= 0.6 is 0 Å². The summed E-state index contributed by atoms with van der Waals surface area (Å²) in [5.41, 5.74) is 3.39. The van der Waals surface area contributed by atoms with Crippen molar-refractivity contribution in [3.05, 3.63) is 58.7 Å². The average molecular weight is 435 g/mol. The Morgan fingerprint density at radius 1 is 0.969 bits per heavy atom. The number of rotatable bonds is 5. The molecule has 0 radical (unpaired) electrons. The van der Waals surface area contributed by atoms with Gasteiger partial charge in [0.1, 0.15) is 5.82 Å². The Balaban J connectivity index is 1.42. The molecule has 1 aromatic carbocycles. The fourth-order valence-electron chi connectivity index (χ4n) is 5.03. The number of hydrogen-bond acceptors (Lipinski definition) is 4. The number of nitrogens with one attached hydrogen (secondary N) is 1. The number of piperidine rings is 1. The first kappa shape index (κ1) is 22.4. The maximum atomic E-state index is 12.9. The lowest BCUT2D eigenvalue weighted by Gasteiger charge is -2.32. The molecule has 1 saturated carbocycles. The minimum absolute atomic E-state index is 0.0664. The first-order valence-corrected chi connectivity index (χ1v) is 12.0. The number of aryl methyl sites for hydroxylation is 2. The summed E-state index contributed by atoms with van der Waals surface area (Å²) in [4.78, 5) is 37.0. The van der Waals surface area contributed by atoms with E-state index < -0.39 is 0 Å². The summed E-state index contributed by atoms with van der Waals surface area (Å²) in [5, 5.41) is 3.19. The topological polar surface area (TPSA) is 75.2 Å². The summed E-state index contributed by atoms with van der Waals surface area (Å²) >= 11 is 0. The Labute approximate surface area is 190 Å². The molecule has 1 aliphatic carbocycles. The molecule has 2 aliphatic rings. The van der Waals surface area contributed by atoms with Crippen LogP contribution in [0.1, 0.15) is 84.0 Å². The lowest BCUT2D eigenvalue weighted by Crippen LogP contribution is -2.39. The predicted molar refractivity (Wildman–Crippen MR) is 125 cm³/mol. The molecule has 170 valence electrons. The van der Waals surface area contributed by atoms with Gasteiger partial charge >= 0.3 is 0 Å². The van der Waals surface area contributed by atoms with E-state index >= 15 is 0 Å². The molecule has 1 N–H and O–H groups in total. The van der Waals surface area contributed by atoms with Crippen LogP contribution in [0.4, 0.5) is 0 Å². The number of carbonyl (C=O) groups excluding carboxylic acids is 2. The minimum atomic E-state index is 0.0664. The summed E-state index contributed by atoms with van der Waals surface area (Å²) in [6.07, 6.45) is 8.08. The van der Waals surface area contributed by atoms with Crippen molar-refractivity contribution in [2.75, 3.05) is 13.1 Å². The molecule has 0 unspecified atom stereocenters. The maximum absolute atomic E-state index is 12.9. The Bertz CT molecular complexity index is 931. The van der Waals surface area contributed by atoms with Gasteiger partial charge in [0.15, 0.2) is 0 Å². The zero-order valence-corrected chi connectivity index (χ0v) is 19.3. The number of amides is 2. The molecular formula is C26H34N4O2. The molecule has 1 aliphatic heterocycles. The van der Waals surface area contributed by atoms with Gasteiger partial charge in [0, 0.05) is 47.6 Å². The first-order chi connectivity index (χ1) is 15.5. The normalized spacial score (nSPS) is 19.6. The smallest absolute Gasteiger partial charge is 0.253 e. The largest absolute Gasteiger partial charge is 0.353 e. The molecule has 6 heteroatoms. The molecule has 0 bridgehead atoms. The second-order valence-corrected chi connectivity index (χ2v) is 9.27. The quantitative estimate of drug-likeness (QED) is 0.769. The van der Waals surface area contributed by atoms with Gasteiger partial charge in [-0.1, -0.05) is 37.5 Å². The van der Waals surface area contributed by atoms with Gasteiger partial charge in [-0.25, -0.2) is 9.97 Å². The second kappa shape index (κ2) is 10.2. The van der Waals surface area contributed by atoms with E-state index in [0.29, 0.717) is 19.0 Å². The predicted octanol–water partition coefficient (Wildman–Crippen LogP) is 4.10. The molecule has 2 aromatic rings. The van der Waals surface area contributed by atoms with Gasteiger partial charge < -0.3 is 10.2 Å². The van der Waals surface area contributed by atoms with Crippen molar-refractivity contribution < 1.29 is 9.59 Å². The standard InChI is InChI=1S/C26H34N4O2/c1-18-23(16-24(31)29-22-13-7-4-8-14-22)19(2)28-25(27-18)21-12-9-15-30(17-21)26(32)20-10-5-3-6-11-20/h3,5-6,10-11,21-22H,4,7-9,12-17H2,1-2H3,(H,29,31)/t21-/m0/s1. The first-order valence-electron chi connectivity index (χ1n) is 12.0. The van der Waals surface area contributed by atoms with Gasteiger partial charge in [-0.15, -0.1) is 0 Å². The molecule has 6 nitrogen and oxygen atoms in total. The Kier molecular flexibility index (Phi) is 7.18. The van der Waals surface area contributed by atoms with Gasteiger partial charge in [-0.3, -0.25) is 9.59 Å². The van der Waals surface area contributed by atoms with Crippen LogP contribution in [0.25, 0.3) is 0 Å². The molecule has 1 saturated heterocycles. The highest BCUT2D eigenvalue weighted by molar-refractivity contribution is 5.94. The number of benzene rings is 1. The molecule has 2 heterocycles. The summed E-state index contributed by atoms with van der Waals surface area (Å²) in [5.74, 6) is 1.05. The molecule has 4 rings (SSSR count). The van der Waals surface area contributed by atoms with Crippen molar-refractivity contribution in [3.8, 4) is 0 Å². The van der Waals surface area contributed by atoms with Crippen LogP contribution in [0.5, 0.6) is 0 Å². The lowest BCUT2D eigenvalue weighted by atomic mass is 9.95. The van der Waals surface area contributed by atoms with Crippen LogP contribution < -0.4 is 5.32 Å². The summed E-state index contributed by atoms with van der Waals surface area (Å²) in [6, 6.07) is 9.76. The Hall–Kier alpha value is -2.76. The second-order valence-electron chi connectivity index (χ2n) is 9.27. The molecule has 2 amide bonds. The summed E-state index contributed by atoms with van der Waals surface area (Å²) < 4.78 is 0. The SMILES string of the molecule is Cc1nc([C@H]2CCCN(C(=O)c3ccccc3)C2)nc(C)c1CC(=O)NC1CCCCC1. The van der Waals surface area contributed by atoms with Crippen LogP contribution in [0.3, 0.4) is 0 Å². The van der Waals surface area contributed by atoms with Crippen LogP contribution in [0.15, 0.2) is 30.3 Å². The maximum Gasteiger partial charge on any atom is 0.253 e. The number of carbonyl (C=O) groups is 2. The molecule has 1 atom stereocenters. The average Bonchev–Trinajstić information content (AvgIpc) is 2.82. The van der Waals surface area contributed by atoms with E-state index in [1.54, 1.807) is 0 Å². The van der Waals surface area contributed by atoms with Crippen LogP contribution in [0, 0.1) is 13.8 Å². The molecule has 1 aromatic heterocycles. The highest BCUT2D eigenvalue weighted by Crippen LogP contribution is 2.27. The van der Waals surface area contributed by atoms with Crippen LogP contribution in [0.2, 0.25) is 0 Å². The molecule has 2 fully saturated rings. The third-order valence-electron chi connectivity index (χ3n) is 6.84. The van der Waals surface area contributed by atoms with Crippen molar-refractivity contribution in [2.45, 2.75) is 77.2 Å². The monoisotopic (exact) mass is 434 g/mol. The molecular weight excluding hydrogens is 400 g/mol. The molecule has 0 spiro atoms. The van der Waals surface area contributed by atoms with Gasteiger partial charge in [-0.05, 0) is 51.7 Å². The van der Waals surface area contributed by atoms with Crippen molar-refractivity contribution in [2.24, 2.45) is 0 Å². The third kappa shape index (κ3) is 5.34. The zero-order chi connectivity index (χ0) is 22.5.